The van der Waals surface area contributed by atoms with Gasteiger partial charge in [0.25, 0.3) is 5.91 Å². The molecule has 0 aliphatic carbocycles. The van der Waals surface area contributed by atoms with E-state index in [0.29, 0.717) is 6.54 Å². The van der Waals surface area contributed by atoms with Gasteiger partial charge in [0.05, 0.1) is 6.10 Å². The molecule has 1 aliphatic rings. The van der Waals surface area contributed by atoms with Crippen LogP contribution in [0.15, 0.2) is 16.6 Å². The topological polar surface area (TPSA) is 40.5 Å². The Hall–Kier alpha value is -0.870. The Labute approximate surface area is 129 Å². The summed E-state index contributed by atoms with van der Waals surface area (Å²) in [6.45, 7) is 7.22. The van der Waals surface area contributed by atoms with E-state index in [1.54, 1.807) is 0 Å². The second-order valence-electron chi connectivity index (χ2n) is 5.81. The summed E-state index contributed by atoms with van der Waals surface area (Å²) in [6.07, 6.45) is 1.62. The quantitative estimate of drug-likeness (QED) is 0.897. The highest BCUT2D eigenvalue weighted by Crippen LogP contribution is 2.25. The van der Waals surface area contributed by atoms with Crippen LogP contribution in [-0.2, 0) is 0 Å². The van der Waals surface area contributed by atoms with Crippen LogP contribution in [0.3, 0.4) is 0 Å². The number of nitrogens with zero attached hydrogens (tertiary/aromatic N) is 1. The first-order valence-electron chi connectivity index (χ1n) is 7.14. The maximum absolute atomic E-state index is 12.7. The second kappa shape index (κ2) is 6.27. The molecule has 1 aliphatic heterocycles. The van der Waals surface area contributed by atoms with E-state index in [-0.39, 0.29) is 17.9 Å². The summed E-state index contributed by atoms with van der Waals surface area (Å²) in [6, 6.07) is 3.95. The minimum absolute atomic E-state index is 0.0865. The Morgan fingerprint density at radius 2 is 2.10 bits per heavy atom. The van der Waals surface area contributed by atoms with Crippen molar-refractivity contribution in [2.75, 3.05) is 13.1 Å². The molecule has 2 rings (SSSR count). The first kappa shape index (κ1) is 15.5. The Bertz CT molecular complexity index is 513. The monoisotopic (exact) mass is 339 g/mol. The van der Waals surface area contributed by atoms with E-state index in [1.165, 1.54) is 0 Å². The van der Waals surface area contributed by atoms with Gasteiger partial charge in [-0.05, 0) is 56.9 Å². The fourth-order valence-corrected chi connectivity index (χ4v) is 3.23. The maximum Gasteiger partial charge on any atom is 0.254 e. The number of aliphatic hydroxyl groups excluding tert-OH is 1. The molecule has 1 saturated heterocycles. The molecule has 1 fully saturated rings. The van der Waals surface area contributed by atoms with Gasteiger partial charge in [-0.2, -0.15) is 0 Å². The lowest BCUT2D eigenvalue weighted by Crippen LogP contribution is -2.43. The second-order valence-corrected chi connectivity index (χ2v) is 6.66. The third-order valence-electron chi connectivity index (χ3n) is 4.16. The summed E-state index contributed by atoms with van der Waals surface area (Å²) in [4.78, 5) is 14.6. The number of carbonyl (C=O) groups excluding carboxylic acids is 1. The normalized spacial score (nSPS) is 20.9. The van der Waals surface area contributed by atoms with Crippen LogP contribution in [0.4, 0.5) is 0 Å². The molecule has 1 heterocycles. The Kier molecular flexibility index (Phi) is 4.86. The highest BCUT2D eigenvalue weighted by molar-refractivity contribution is 9.10. The third-order valence-corrected chi connectivity index (χ3v) is 5.02. The predicted molar refractivity (Wildman–Crippen MR) is 83.9 cm³/mol. The zero-order chi connectivity index (χ0) is 14.9. The molecular weight excluding hydrogens is 318 g/mol. The smallest absolute Gasteiger partial charge is 0.254 e. The van der Waals surface area contributed by atoms with E-state index in [4.69, 9.17) is 0 Å². The summed E-state index contributed by atoms with van der Waals surface area (Å²) >= 11 is 3.50. The fraction of sp³-hybridized carbons (Fsp3) is 0.562. The number of hydrogen-bond acceptors (Lipinski definition) is 2. The van der Waals surface area contributed by atoms with Crippen molar-refractivity contribution in [1.29, 1.82) is 0 Å². The molecule has 0 aromatic heterocycles. The summed E-state index contributed by atoms with van der Waals surface area (Å²) in [5.41, 5.74) is 2.84. The number of likely N-dealkylation sites (tertiary alicyclic amines) is 1. The number of benzene rings is 1. The number of rotatable bonds is 2. The van der Waals surface area contributed by atoms with E-state index < -0.39 is 0 Å². The lowest BCUT2D eigenvalue weighted by molar-refractivity contribution is 0.0465. The fourth-order valence-electron chi connectivity index (χ4n) is 2.77. The van der Waals surface area contributed by atoms with Crippen LogP contribution in [0.1, 0.15) is 41.3 Å². The van der Waals surface area contributed by atoms with Crippen LogP contribution in [-0.4, -0.2) is 35.1 Å². The van der Waals surface area contributed by atoms with Crippen molar-refractivity contribution in [1.82, 2.24) is 4.90 Å². The van der Waals surface area contributed by atoms with Crippen molar-refractivity contribution in [3.63, 3.8) is 0 Å². The number of amides is 1. The summed E-state index contributed by atoms with van der Waals surface area (Å²) in [7, 11) is 0. The molecule has 0 saturated carbocycles. The average Bonchev–Trinajstić information content (AvgIpc) is 2.42. The van der Waals surface area contributed by atoms with Crippen molar-refractivity contribution >= 4 is 21.8 Å². The van der Waals surface area contributed by atoms with Gasteiger partial charge in [-0.15, -0.1) is 0 Å². The summed E-state index contributed by atoms with van der Waals surface area (Å²) in [5, 5.41) is 9.74. The molecule has 0 spiro atoms. The van der Waals surface area contributed by atoms with Crippen LogP contribution in [0, 0.1) is 19.8 Å². The van der Waals surface area contributed by atoms with Gasteiger partial charge in [0, 0.05) is 29.0 Å². The number of aryl methyl sites for hydroxylation is 2. The van der Waals surface area contributed by atoms with Crippen LogP contribution in [0.5, 0.6) is 0 Å². The van der Waals surface area contributed by atoms with Crippen molar-refractivity contribution < 1.29 is 9.90 Å². The number of carbonyl (C=O) groups is 1. The average molecular weight is 340 g/mol. The zero-order valence-corrected chi connectivity index (χ0v) is 13.9. The van der Waals surface area contributed by atoms with Crippen molar-refractivity contribution in [2.24, 2.45) is 5.92 Å². The molecule has 2 unspecified atom stereocenters. The standard InChI is InChI=1S/C16H22BrNO2/c1-10-8-15(17)11(2)7-14(10)16(20)18-6-4-5-13(9-18)12(3)19/h7-8,12-13,19H,4-6,9H2,1-3H3. The van der Waals surface area contributed by atoms with Gasteiger partial charge in [0.15, 0.2) is 0 Å². The van der Waals surface area contributed by atoms with Crippen molar-refractivity contribution in [3.8, 4) is 0 Å². The molecule has 0 bridgehead atoms. The van der Waals surface area contributed by atoms with Gasteiger partial charge in [-0.1, -0.05) is 15.9 Å². The largest absolute Gasteiger partial charge is 0.393 e. The predicted octanol–water partition coefficient (Wildman–Crippen LogP) is 3.30. The zero-order valence-electron chi connectivity index (χ0n) is 12.3. The molecule has 1 N–H and O–H groups in total. The third kappa shape index (κ3) is 3.23. The van der Waals surface area contributed by atoms with Crippen LogP contribution < -0.4 is 0 Å². The highest BCUT2D eigenvalue weighted by Gasteiger charge is 2.27. The molecule has 2 atom stereocenters. The Balaban J connectivity index is 2.21. The van der Waals surface area contributed by atoms with Gasteiger partial charge in [-0.3, -0.25) is 4.79 Å². The molecule has 20 heavy (non-hydrogen) atoms. The number of halogens is 1. The molecule has 4 heteroatoms. The minimum atomic E-state index is -0.349. The van der Waals surface area contributed by atoms with Gasteiger partial charge in [-0.25, -0.2) is 0 Å². The highest BCUT2D eigenvalue weighted by atomic mass is 79.9. The van der Waals surface area contributed by atoms with Gasteiger partial charge in [0.1, 0.15) is 0 Å². The van der Waals surface area contributed by atoms with Gasteiger partial charge in [0.2, 0.25) is 0 Å². The molecular formula is C16H22BrNO2. The van der Waals surface area contributed by atoms with Crippen molar-refractivity contribution in [3.05, 3.63) is 33.3 Å². The van der Waals surface area contributed by atoms with Crippen LogP contribution in [0.2, 0.25) is 0 Å². The molecule has 3 nitrogen and oxygen atoms in total. The van der Waals surface area contributed by atoms with E-state index in [2.05, 4.69) is 15.9 Å². The maximum atomic E-state index is 12.7. The molecule has 1 aromatic rings. The van der Waals surface area contributed by atoms with Crippen LogP contribution in [0.25, 0.3) is 0 Å². The van der Waals surface area contributed by atoms with E-state index in [9.17, 15) is 9.90 Å². The van der Waals surface area contributed by atoms with E-state index in [1.807, 2.05) is 37.8 Å². The summed E-state index contributed by atoms with van der Waals surface area (Å²) in [5.74, 6) is 0.285. The molecule has 0 radical (unpaired) electrons. The van der Waals surface area contributed by atoms with E-state index in [0.717, 1.165) is 40.5 Å². The molecule has 110 valence electrons. The number of piperidine rings is 1. The van der Waals surface area contributed by atoms with Gasteiger partial charge >= 0.3 is 0 Å². The lowest BCUT2D eigenvalue weighted by Gasteiger charge is -2.34. The Morgan fingerprint density at radius 3 is 2.75 bits per heavy atom. The van der Waals surface area contributed by atoms with E-state index >= 15 is 0 Å². The van der Waals surface area contributed by atoms with Crippen LogP contribution >= 0.6 is 15.9 Å². The lowest BCUT2D eigenvalue weighted by atomic mass is 9.92. The number of hydrogen-bond donors (Lipinski definition) is 1. The number of aliphatic hydroxyl groups is 1. The first-order chi connectivity index (χ1) is 9.40. The molecule has 1 aromatic carbocycles. The first-order valence-corrected chi connectivity index (χ1v) is 7.93. The Morgan fingerprint density at radius 1 is 1.40 bits per heavy atom. The minimum Gasteiger partial charge on any atom is -0.393 e. The van der Waals surface area contributed by atoms with Crippen molar-refractivity contribution in [2.45, 2.75) is 39.7 Å². The SMILES string of the molecule is Cc1cc(C(=O)N2CCCC(C(C)O)C2)c(C)cc1Br. The summed E-state index contributed by atoms with van der Waals surface area (Å²) < 4.78 is 1.03. The van der Waals surface area contributed by atoms with Gasteiger partial charge < -0.3 is 10.0 Å². The molecule has 1 amide bonds.